The summed E-state index contributed by atoms with van der Waals surface area (Å²) in [6.45, 7) is 4.32. The molecule has 0 saturated heterocycles. The lowest BCUT2D eigenvalue weighted by Gasteiger charge is -2.13. The van der Waals surface area contributed by atoms with Gasteiger partial charge in [0.05, 0.1) is 0 Å². The van der Waals surface area contributed by atoms with Crippen molar-refractivity contribution < 1.29 is 0 Å². The molecule has 0 spiro atoms. The predicted octanol–water partition coefficient (Wildman–Crippen LogP) is 4.14. The first-order valence-corrected chi connectivity index (χ1v) is 4.96. The fraction of sp³-hybridized carbons (Fsp3) is 0.400. The van der Waals surface area contributed by atoms with Crippen molar-refractivity contribution in [2.24, 2.45) is 0 Å². The van der Waals surface area contributed by atoms with E-state index in [4.69, 9.17) is 11.6 Å². The Morgan fingerprint density at radius 2 is 2.17 bits per heavy atom. The third-order valence-corrected chi connectivity index (χ3v) is 2.85. The summed E-state index contributed by atoms with van der Waals surface area (Å²) < 4.78 is 0. The summed E-state index contributed by atoms with van der Waals surface area (Å²) >= 11 is 10.4. The second-order valence-corrected chi connectivity index (χ2v) is 3.87. The lowest BCUT2D eigenvalue weighted by Crippen LogP contribution is -1.93. The summed E-state index contributed by atoms with van der Waals surface area (Å²) in [5, 5.41) is 0.830. The fourth-order valence-corrected chi connectivity index (χ4v) is 2.07. The average molecular weight is 201 g/mol. The van der Waals surface area contributed by atoms with Gasteiger partial charge in [-0.1, -0.05) is 31.5 Å². The molecule has 66 valence electrons. The van der Waals surface area contributed by atoms with Gasteiger partial charge < -0.3 is 0 Å². The minimum absolute atomic E-state index is 0.492. The average Bonchev–Trinajstić information content (AvgIpc) is 2.03. The van der Waals surface area contributed by atoms with E-state index in [9.17, 15) is 0 Å². The van der Waals surface area contributed by atoms with Gasteiger partial charge in [0.2, 0.25) is 0 Å². The van der Waals surface area contributed by atoms with Gasteiger partial charge in [-0.15, -0.1) is 12.6 Å². The van der Waals surface area contributed by atoms with Gasteiger partial charge in [-0.3, -0.25) is 0 Å². The van der Waals surface area contributed by atoms with Gasteiger partial charge in [0.1, 0.15) is 0 Å². The molecule has 0 bridgehead atoms. The van der Waals surface area contributed by atoms with Crippen LogP contribution in [0.1, 0.15) is 31.7 Å². The second-order valence-electron chi connectivity index (χ2n) is 2.98. The topological polar surface area (TPSA) is 0 Å². The number of hydrogen-bond acceptors (Lipinski definition) is 1. The van der Waals surface area contributed by atoms with Crippen molar-refractivity contribution in [3.8, 4) is 0 Å². The molecule has 1 rings (SSSR count). The number of benzene rings is 1. The quantitative estimate of drug-likeness (QED) is 0.682. The summed E-state index contributed by atoms with van der Waals surface area (Å²) in [6.07, 6.45) is 1.09. The van der Waals surface area contributed by atoms with Crippen molar-refractivity contribution in [2.45, 2.75) is 31.1 Å². The van der Waals surface area contributed by atoms with E-state index in [0.29, 0.717) is 5.92 Å². The number of halogens is 1. The Bertz CT molecular complexity index is 250. The van der Waals surface area contributed by atoms with Crippen LogP contribution < -0.4 is 0 Å². The summed E-state index contributed by atoms with van der Waals surface area (Å²) in [5.74, 6) is 0.492. The molecule has 0 fully saturated rings. The van der Waals surface area contributed by atoms with E-state index in [-0.39, 0.29) is 0 Å². The van der Waals surface area contributed by atoms with Crippen LogP contribution in [0.2, 0.25) is 5.02 Å². The Labute approximate surface area is 84.3 Å². The molecule has 2 heteroatoms. The van der Waals surface area contributed by atoms with Gasteiger partial charge in [-0.25, -0.2) is 0 Å². The van der Waals surface area contributed by atoms with Crippen molar-refractivity contribution >= 4 is 24.2 Å². The maximum atomic E-state index is 6.05. The van der Waals surface area contributed by atoms with Gasteiger partial charge in [0.25, 0.3) is 0 Å². The molecule has 0 aliphatic heterocycles. The Hall–Kier alpha value is -0.140. The van der Waals surface area contributed by atoms with Crippen LogP contribution in [0.3, 0.4) is 0 Å². The van der Waals surface area contributed by atoms with Crippen molar-refractivity contribution in [1.82, 2.24) is 0 Å². The van der Waals surface area contributed by atoms with Crippen LogP contribution >= 0.6 is 24.2 Å². The zero-order valence-corrected chi connectivity index (χ0v) is 8.99. The van der Waals surface area contributed by atoms with Crippen LogP contribution in [0.5, 0.6) is 0 Å². The van der Waals surface area contributed by atoms with Crippen molar-refractivity contribution in [2.75, 3.05) is 0 Å². The molecule has 0 aromatic heterocycles. The van der Waals surface area contributed by atoms with Crippen LogP contribution in [-0.2, 0) is 0 Å². The van der Waals surface area contributed by atoms with E-state index < -0.39 is 0 Å². The van der Waals surface area contributed by atoms with Gasteiger partial charge in [0, 0.05) is 9.92 Å². The Balaban J connectivity index is 3.12. The molecule has 1 atom stereocenters. The van der Waals surface area contributed by atoms with Crippen LogP contribution in [-0.4, -0.2) is 0 Å². The standard InChI is InChI=1S/C10H13ClS/c1-3-7(2)10-8(11)5-4-6-9(10)12/h4-7,12H,3H2,1-2H3. The van der Waals surface area contributed by atoms with E-state index in [1.165, 1.54) is 5.56 Å². The molecule has 0 aliphatic carbocycles. The molecule has 0 radical (unpaired) electrons. The molecule has 0 nitrogen and oxygen atoms in total. The molecule has 0 heterocycles. The van der Waals surface area contributed by atoms with Gasteiger partial charge >= 0.3 is 0 Å². The predicted molar refractivity (Wildman–Crippen MR) is 57.4 cm³/mol. The SMILES string of the molecule is CCC(C)c1c(S)cccc1Cl. The normalized spacial score (nSPS) is 13.0. The first-order valence-electron chi connectivity index (χ1n) is 4.14. The molecular formula is C10H13ClS. The summed E-state index contributed by atoms with van der Waals surface area (Å²) in [4.78, 5) is 0.997. The van der Waals surface area contributed by atoms with E-state index in [2.05, 4.69) is 26.5 Å². The first-order chi connectivity index (χ1) is 5.66. The van der Waals surface area contributed by atoms with Crippen LogP contribution in [0, 0.1) is 0 Å². The third-order valence-electron chi connectivity index (χ3n) is 2.14. The van der Waals surface area contributed by atoms with Gasteiger partial charge in [-0.2, -0.15) is 0 Å². The summed E-state index contributed by atoms with van der Waals surface area (Å²) in [7, 11) is 0. The largest absolute Gasteiger partial charge is 0.143 e. The summed E-state index contributed by atoms with van der Waals surface area (Å²) in [6, 6.07) is 5.83. The van der Waals surface area contributed by atoms with Crippen molar-refractivity contribution in [3.63, 3.8) is 0 Å². The lowest BCUT2D eigenvalue weighted by molar-refractivity contribution is 0.720. The van der Waals surface area contributed by atoms with Crippen molar-refractivity contribution in [1.29, 1.82) is 0 Å². The minimum Gasteiger partial charge on any atom is -0.143 e. The molecule has 0 aliphatic rings. The highest BCUT2D eigenvalue weighted by Crippen LogP contribution is 2.31. The second kappa shape index (κ2) is 4.20. The van der Waals surface area contributed by atoms with Crippen molar-refractivity contribution in [3.05, 3.63) is 28.8 Å². The molecule has 0 saturated carbocycles. The van der Waals surface area contributed by atoms with E-state index in [1.807, 2.05) is 18.2 Å². The molecular weight excluding hydrogens is 188 g/mol. The smallest absolute Gasteiger partial charge is 0.0451 e. The maximum absolute atomic E-state index is 6.05. The molecule has 1 aromatic carbocycles. The zero-order chi connectivity index (χ0) is 9.14. The highest BCUT2D eigenvalue weighted by Gasteiger charge is 2.10. The highest BCUT2D eigenvalue weighted by molar-refractivity contribution is 7.80. The van der Waals surface area contributed by atoms with Crippen LogP contribution in [0.25, 0.3) is 0 Å². The molecule has 1 aromatic rings. The zero-order valence-electron chi connectivity index (χ0n) is 7.34. The van der Waals surface area contributed by atoms with Crippen LogP contribution in [0.4, 0.5) is 0 Å². The number of rotatable bonds is 2. The van der Waals surface area contributed by atoms with E-state index in [0.717, 1.165) is 16.3 Å². The number of hydrogen-bond donors (Lipinski definition) is 1. The maximum Gasteiger partial charge on any atom is 0.0451 e. The molecule has 12 heavy (non-hydrogen) atoms. The van der Waals surface area contributed by atoms with E-state index >= 15 is 0 Å². The van der Waals surface area contributed by atoms with Crippen LogP contribution in [0.15, 0.2) is 23.1 Å². The third kappa shape index (κ3) is 1.96. The fourth-order valence-electron chi connectivity index (χ4n) is 1.22. The first kappa shape index (κ1) is 9.94. The van der Waals surface area contributed by atoms with Gasteiger partial charge in [-0.05, 0) is 30.0 Å². The van der Waals surface area contributed by atoms with E-state index in [1.54, 1.807) is 0 Å². The lowest BCUT2D eigenvalue weighted by atomic mass is 9.99. The monoisotopic (exact) mass is 200 g/mol. The molecule has 1 unspecified atom stereocenters. The minimum atomic E-state index is 0.492. The Morgan fingerprint density at radius 3 is 2.67 bits per heavy atom. The number of thiol groups is 1. The Kier molecular flexibility index (Phi) is 3.48. The molecule has 0 N–H and O–H groups in total. The highest BCUT2D eigenvalue weighted by atomic mass is 35.5. The summed E-state index contributed by atoms with van der Waals surface area (Å²) in [5.41, 5.74) is 1.17. The molecule has 0 amide bonds. The van der Waals surface area contributed by atoms with Gasteiger partial charge in [0.15, 0.2) is 0 Å². The Morgan fingerprint density at radius 1 is 1.50 bits per heavy atom.